The number of amides is 1. The second kappa shape index (κ2) is 5.07. The van der Waals surface area contributed by atoms with Crippen LogP contribution in [0.5, 0.6) is 5.88 Å². The van der Waals surface area contributed by atoms with Crippen molar-refractivity contribution >= 4 is 17.5 Å². The summed E-state index contributed by atoms with van der Waals surface area (Å²) < 4.78 is 4.99. The van der Waals surface area contributed by atoms with Crippen LogP contribution in [0.25, 0.3) is 0 Å². The second-order valence-electron chi connectivity index (χ2n) is 3.62. The molecule has 0 aromatic carbocycles. The summed E-state index contributed by atoms with van der Waals surface area (Å²) in [6.45, 7) is 0. The smallest absolute Gasteiger partial charge is 0.233 e. The van der Waals surface area contributed by atoms with Crippen molar-refractivity contribution in [3.63, 3.8) is 0 Å². The van der Waals surface area contributed by atoms with Gasteiger partial charge in [0.25, 0.3) is 0 Å². The molecule has 0 aliphatic carbocycles. The maximum atomic E-state index is 11.0. The van der Waals surface area contributed by atoms with E-state index >= 15 is 0 Å². The Morgan fingerprint density at radius 3 is 3.06 bits per heavy atom. The average molecular weight is 251 g/mol. The van der Waals surface area contributed by atoms with Gasteiger partial charge in [0.1, 0.15) is 10.7 Å². The minimum atomic E-state index is -0.0778. The zero-order chi connectivity index (χ0) is 12.3. The molecule has 2 heterocycles. The number of methoxy groups -OCH3 is 1. The first-order valence-corrected chi connectivity index (χ1v) is 5.58. The van der Waals surface area contributed by atoms with Crippen molar-refractivity contribution in [2.45, 2.75) is 18.9 Å². The molecular formula is C12H11ClN2O2. The Bertz CT molecular complexity index is 505. The number of carbonyl (C=O) groups is 1. The molecule has 1 atom stereocenters. The lowest BCUT2D eigenvalue weighted by Gasteiger charge is -2.01. The van der Waals surface area contributed by atoms with E-state index in [-0.39, 0.29) is 11.9 Å². The van der Waals surface area contributed by atoms with Crippen LogP contribution in [0.3, 0.4) is 0 Å². The van der Waals surface area contributed by atoms with Crippen molar-refractivity contribution in [3.8, 4) is 17.7 Å². The van der Waals surface area contributed by atoms with E-state index in [1.807, 2.05) is 0 Å². The summed E-state index contributed by atoms with van der Waals surface area (Å²) in [5, 5.41) is 3.22. The van der Waals surface area contributed by atoms with Crippen molar-refractivity contribution in [1.82, 2.24) is 10.3 Å². The van der Waals surface area contributed by atoms with Gasteiger partial charge in [0, 0.05) is 6.42 Å². The topological polar surface area (TPSA) is 51.2 Å². The van der Waals surface area contributed by atoms with Crippen molar-refractivity contribution in [2.75, 3.05) is 7.11 Å². The maximum Gasteiger partial charge on any atom is 0.233 e. The van der Waals surface area contributed by atoms with Gasteiger partial charge in [-0.2, -0.15) is 0 Å². The summed E-state index contributed by atoms with van der Waals surface area (Å²) in [5.41, 5.74) is 0.576. The number of ether oxygens (including phenoxy) is 1. The highest BCUT2D eigenvalue weighted by atomic mass is 35.5. The average Bonchev–Trinajstić information content (AvgIpc) is 2.74. The third-order valence-corrected chi connectivity index (χ3v) is 2.66. The van der Waals surface area contributed by atoms with E-state index < -0.39 is 0 Å². The predicted octanol–water partition coefficient (Wildman–Crippen LogP) is 1.37. The van der Waals surface area contributed by atoms with Gasteiger partial charge in [-0.15, -0.1) is 0 Å². The van der Waals surface area contributed by atoms with Crippen molar-refractivity contribution in [1.29, 1.82) is 0 Å². The molecule has 4 nitrogen and oxygen atoms in total. The summed E-state index contributed by atoms with van der Waals surface area (Å²) in [7, 11) is 1.50. The number of halogens is 1. The summed E-state index contributed by atoms with van der Waals surface area (Å²) in [5.74, 6) is 6.25. The van der Waals surface area contributed by atoms with E-state index in [4.69, 9.17) is 16.3 Å². The standard InChI is InChI=1S/C12H11ClN2O2/c1-17-12-10(13)6-4-9(15-12)3-2-8-5-7-11(16)14-8/h4,6,8H,5,7H2,1H3,(H,14,16). The number of rotatable bonds is 1. The van der Waals surface area contributed by atoms with Crippen LogP contribution in [-0.4, -0.2) is 24.0 Å². The van der Waals surface area contributed by atoms with Gasteiger partial charge >= 0.3 is 0 Å². The maximum absolute atomic E-state index is 11.0. The summed E-state index contributed by atoms with van der Waals surface area (Å²) in [6.07, 6.45) is 1.28. The molecule has 1 aromatic rings. The highest BCUT2D eigenvalue weighted by Gasteiger charge is 2.18. The van der Waals surface area contributed by atoms with Crippen LogP contribution in [-0.2, 0) is 4.79 Å². The van der Waals surface area contributed by atoms with E-state index in [9.17, 15) is 4.79 Å². The summed E-state index contributed by atoms with van der Waals surface area (Å²) in [4.78, 5) is 15.1. The number of hydrogen-bond acceptors (Lipinski definition) is 3. The lowest BCUT2D eigenvalue weighted by molar-refractivity contribution is -0.119. The fourth-order valence-electron chi connectivity index (χ4n) is 1.52. The van der Waals surface area contributed by atoms with E-state index in [0.717, 1.165) is 6.42 Å². The number of nitrogens with one attached hydrogen (secondary N) is 1. The van der Waals surface area contributed by atoms with Gasteiger partial charge in [-0.1, -0.05) is 17.5 Å². The van der Waals surface area contributed by atoms with E-state index in [0.29, 0.717) is 23.0 Å². The first-order chi connectivity index (χ1) is 8.19. The molecule has 1 N–H and O–H groups in total. The lowest BCUT2D eigenvalue weighted by atomic mass is 10.2. The Hall–Kier alpha value is -1.73. The quantitative estimate of drug-likeness (QED) is 0.766. The molecule has 0 saturated carbocycles. The van der Waals surface area contributed by atoms with Crippen LogP contribution in [0.1, 0.15) is 18.5 Å². The lowest BCUT2D eigenvalue weighted by Crippen LogP contribution is -2.23. The molecule has 1 aliphatic heterocycles. The normalized spacial score (nSPS) is 18.2. The van der Waals surface area contributed by atoms with Crippen molar-refractivity contribution in [3.05, 3.63) is 22.8 Å². The monoisotopic (exact) mass is 250 g/mol. The number of nitrogens with zero attached hydrogens (tertiary/aromatic N) is 1. The molecule has 0 radical (unpaired) electrons. The Labute approximate surface area is 104 Å². The van der Waals surface area contributed by atoms with Crippen molar-refractivity contribution < 1.29 is 9.53 Å². The van der Waals surface area contributed by atoms with Crippen LogP contribution in [0.4, 0.5) is 0 Å². The first-order valence-electron chi connectivity index (χ1n) is 5.20. The molecule has 1 unspecified atom stereocenters. The van der Waals surface area contributed by atoms with E-state index in [1.165, 1.54) is 7.11 Å². The molecule has 17 heavy (non-hydrogen) atoms. The highest BCUT2D eigenvalue weighted by Crippen LogP contribution is 2.20. The number of aromatic nitrogens is 1. The first kappa shape index (κ1) is 11.7. The van der Waals surface area contributed by atoms with Crippen LogP contribution in [0, 0.1) is 11.8 Å². The van der Waals surface area contributed by atoms with Crippen LogP contribution >= 0.6 is 11.6 Å². The SMILES string of the molecule is COc1nc(C#CC2CCC(=O)N2)ccc1Cl. The molecule has 0 spiro atoms. The molecule has 5 heteroatoms. The zero-order valence-corrected chi connectivity index (χ0v) is 10.0. The van der Waals surface area contributed by atoms with Gasteiger partial charge in [0.05, 0.1) is 13.2 Å². The van der Waals surface area contributed by atoms with Crippen molar-refractivity contribution in [2.24, 2.45) is 0 Å². The van der Waals surface area contributed by atoms with E-state index in [2.05, 4.69) is 22.1 Å². The predicted molar refractivity (Wildman–Crippen MR) is 63.8 cm³/mol. The molecule has 1 fully saturated rings. The fraction of sp³-hybridized carbons (Fsp3) is 0.333. The van der Waals surface area contributed by atoms with Crippen LogP contribution in [0.2, 0.25) is 5.02 Å². The van der Waals surface area contributed by atoms with Gasteiger partial charge in [-0.05, 0) is 24.5 Å². The molecule has 1 amide bonds. The van der Waals surface area contributed by atoms with Gasteiger partial charge in [-0.25, -0.2) is 4.98 Å². The van der Waals surface area contributed by atoms with Gasteiger partial charge in [0.2, 0.25) is 11.8 Å². The highest BCUT2D eigenvalue weighted by molar-refractivity contribution is 6.31. The second-order valence-corrected chi connectivity index (χ2v) is 4.02. The number of carbonyl (C=O) groups excluding carboxylic acids is 1. The molecule has 0 bridgehead atoms. The van der Waals surface area contributed by atoms with Crippen LogP contribution in [0.15, 0.2) is 12.1 Å². The van der Waals surface area contributed by atoms with Gasteiger partial charge < -0.3 is 10.1 Å². The van der Waals surface area contributed by atoms with Gasteiger partial charge in [0.15, 0.2) is 0 Å². The summed E-state index contributed by atoms with van der Waals surface area (Å²) >= 11 is 5.85. The molecule has 1 aliphatic rings. The minimum Gasteiger partial charge on any atom is -0.480 e. The Morgan fingerprint density at radius 2 is 2.41 bits per heavy atom. The van der Waals surface area contributed by atoms with E-state index in [1.54, 1.807) is 12.1 Å². The van der Waals surface area contributed by atoms with Crippen LogP contribution < -0.4 is 10.1 Å². The minimum absolute atomic E-state index is 0.0472. The molecule has 1 saturated heterocycles. The molecular weight excluding hydrogens is 240 g/mol. The third-order valence-electron chi connectivity index (χ3n) is 2.38. The Kier molecular flexibility index (Phi) is 3.50. The molecule has 1 aromatic heterocycles. The number of pyridine rings is 1. The third kappa shape index (κ3) is 2.89. The Balaban J connectivity index is 2.13. The van der Waals surface area contributed by atoms with Gasteiger partial charge in [-0.3, -0.25) is 4.79 Å². The largest absolute Gasteiger partial charge is 0.480 e. The zero-order valence-electron chi connectivity index (χ0n) is 9.29. The summed E-state index contributed by atoms with van der Waals surface area (Å²) in [6, 6.07) is 3.32. The molecule has 2 rings (SSSR count). The fourth-order valence-corrected chi connectivity index (χ4v) is 1.70. The molecule has 88 valence electrons. The number of hydrogen-bond donors (Lipinski definition) is 1. The Morgan fingerprint density at radius 1 is 1.59 bits per heavy atom.